The number of carbonyl (C=O) groups excluding carboxylic acids is 8. The quantitative estimate of drug-likeness (QED) is 0.0347. The van der Waals surface area contributed by atoms with Crippen LogP contribution in [-0.2, 0) is 72.4 Å². The van der Waals surface area contributed by atoms with Gasteiger partial charge < -0.3 is 49.2 Å². The molecule has 3 aromatic carbocycles. The molecule has 1 fully saturated rings. The van der Waals surface area contributed by atoms with Crippen LogP contribution >= 0.6 is 0 Å². The molecule has 2 atom stereocenters. The van der Waals surface area contributed by atoms with Gasteiger partial charge in [-0.05, 0) is 91.6 Å². The van der Waals surface area contributed by atoms with Crippen LogP contribution in [0.4, 0.5) is 4.79 Å². The molecule has 1 aliphatic rings. The van der Waals surface area contributed by atoms with E-state index in [1.165, 1.54) is 21.3 Å². The highest BCUT2D eigenvalue weighted by atomic mass is 16.7. The van der Waals surface area contributed by atoms with Gasteiger partial charge in [-0.1, -0.05) is 49.2 Å². The molecule has 4 rings (SSSR count). The number of hydrogen-bond acceptors (Lipinski definition) is 15. The lowest BCUT2D eigenvalue weighted by atomic mass is 10.1. The van der Waals surface area contributed by atoms with Gasteiger partial charge >= 0.3 is 29.9 Å². The summed E-state index contributed by atoms with van der Waals surface area (Å²) in [5.74, 6) is -2.20. The number of benzene rings is 3. The van der Waals surface area contributed by atoms with Crippen LogP contribution in [0, 0.1) is 0 Å². The maximum absolute atomic E-state index is 13.5. The molecule has 19 heteroatoms. The van der Waals surface area contributed by atoms with Gasteiger partial charge in [0.15, 0.2) is 0 Å². The molecule has 362 valence electrons. The van der Waals surface area contributed by atoms with E-state index in [1.54, 1.807) is 72.8 Å². The third kappa shape index (κ3) is 19.4. The molecule has 1 unspecified atom stereocenters. The van der Waals surface area contributed by atoms with Crippen molar-refractivity contribution in [1.82, 2.24) is 21.0 Å². The van der Waals surface area contributed by atoms with E-state index < -0.39 is 53.8 Å². The highest BCUT2D eigenvalue weighted by molar-refractivity contribution is 6.01. The Morgan fingerprint density at radius 3 is 1.45 bits per heavy atom. The van der Waals surface area contributed by atoms with Gasteiger partial charge in [0.25, 0.3) is 11.8 Å². The Morgan fingerprint density at radius 1 is 0.522 bits per heavy atom. The van der Waals surface area contributed by atoms with Crippen molar-refractivity contribution in [2.75, 3.05) is 27.9 Å². The molecule has 19 nitrogen and oxygen atoms in total. The first kappa shape index (κ1) is 52.4. The zero-order valence-electron chi connectivity index (χ0n) is 38.2. The van der Waals surface area contributed by atoms with Crippen molar-refractivity contribution in [1.29, 1.82) is 0 Å². The second-order valence-corrected chi connectivity index (χ2v) is 15.5. The largest absolute Gasteiger partial charge is 0.497 e. The third-order valence-corrected chi connectivity index (χ3v) is 10.4. The molecule has 5 amide bonds. The van der Waals surface area contributed by atoms with E-state index in [0.29, 0.717) is 78.5 Å². The van der Waals surface area contributed by atoms with Crippen molar-refractivity contribution in [3.05, 3.63) is 89.5 Å². The fourth-order valence-electron chi connectivity index (χ4n) is 6.53. The summed E-state index contributed by atoms with van der Waals surface area (Å²) in [6.45, 7) is 0.0525. The summed E-state index contributed by atoms with van der Waals surface area (Å²) in [7, 11) is 4.60. The number of hydrogen-bond donors (Lipinski definition) is 3. The third-order valence-electron chi connectivity index (χ3n) is 10.4. The number of esters is 3. The molecule has 1 heterocycles. The SMILES string of the molecule is COc1ccc(COC(=O)CCC(NC(=O)N[C@@H](CCCCNC(=O)CCCCCCC(=O)ON2C(=O)CCC2=O)C(=O)OCc2ccc(OC)cc2)C(=O)OCc2ccc(OC)cc2)cc1. The molecular formula is C48H60N4O15. The number of carbonyl (C=O) groups is 8. The number of nitrogens with one attached hydrogen (secondary N) is 3. The second-order valence-electron chi connectivity index (χ2n) is 15.5. The number of imide groups is 1. The summed E-state index contributed by atoms with van der Waals surface area (Å²) >= 11 is 0. The summed E-state index contributed by atoms with van der Waals surface area (Å²) in [4.78, 5) is 106. The molecule has 1 saturated heterocycles. The summed E-state index contributed by atoms with van der Waals surface area (Å²) in [5.41, 5.74) is 2.04. The average molecular weight is 933 g/mol. The number of rotatable bonds is 29. The first-order chi connectivity index (χ1) is 32.4. The van der Waals surface area contributed by atoms with Crippen LogP contribution in [-0.4, -0.2) is 92.7 Å². The predicted octanol–water partition coefficient (Wildman–Crippen LogP) is 5.29. The van der Waals surface area contributed by atoms with E-state index in [9.17, 15) is 38.4 Å². The Kier molecular flexibility index (Phi) is 22.4. The molecule has 0 bridgehead atoms. The Balaban J connectivity index is 1.28. The molecule has 1 aliphatic heterocycles. The number of unbranched alkanes of at least 4 members (excludes halogenated alkanes) is 4. The normalized spacial score (nSPS) is 12.9. The predicted molar refractivity (Wildman–Crippen MR) is 239 cm³/mol. The monoisotopic (exact) mass is 932 g/mol. The highest BCUT2D eigenvalue weighted by Crippen LogP contribution is 2.17. The zero-order chi connectivity index (χ0) is 48.4. The van der Waals surface area contributed by atoms with Crippen LogP contribution in [0.2, 0.25) is 0 Å². The van der Waals surface area contributed by atoms with Crippen LogP contribution in [0.3, 0.4) is 0 Å². The molecule has 0 spiro atoms. The minimum absolute atomic E-state index is 0.0225. The van der Waals surface area contributed by atoms with Gasteiger partial charge in [-0.3, -0.25) is 19.2 Å². The summed E-state index contributed by atoms with van der Waals surface area (Å²) < 4.78 is 32.1. The molecule has 0 aromatic heterocycles. The van der Waals surface area contributed by atoms with Crippen LogP contribution < -0.4 is 30.2 Å². The van der Waals surface area contributed by atoms with Crippen LogP contribution in [0.15, 0.2) is 72.8 Å². The van der Waals surface area contributed by atoms with Crippen molar-refractivity contribution in [2.45, 2.75) is 115 Å². The fraction of sp³-hybridized carbons (Fsp3) is 0.458. The van der Waals surface area contributed by atoms with Crippen molar-refractivity contribution in [3.63, 3.8) is 0 Å². The molecule has 3 aromatic rings. The number of methoxy groups -OCH3 is 3. The molecule has 0 radical (unpaired) electrons. The van der Waals surface area contributed by atoms with Gasteiger partial charge in [0.2, 0.25) is 5.91 Å². The van der Waals surface area contributed by atoms with Gasteiger partial charge in [-0.15, -0.1) is 5.06 Å². The lowest BCUT2D eigenvalue weighted by Gasteiger charge is -2.21. The van der Waals surface area contributed by atoms with Gasteiger partial charge in [0, 0.05) is 38.6 Å². The molecule has 67 heavy (non-hydrogen) atoms. The fourth-order valence-corrected chi connectivity index (χ4v) is 6.53. The molecule has 0 saturated carbocycles. The van der Waals surface area contributed by atoms with Crippen LogP contribution in [0.25, 0.3) is 0 Å². The number of urea groups is 1. The lowest BCUT2D eigenvalue weighted by molar-refractivity contribution is -0.197. The lowest BCUT2D eigenvalue weighted by Crippen LogP contribution is -2.51. The Hall–Kier alpha value is -7.18. The standard InChI is InChI=1S/C48H60N4O15/c1-61-36-19-13-33(14-20-36)30-64-44(56)28-25-40(47(59)66-32-35-17-23-38(63-3)24-18-35)51-48(60)50-39(46(58)65-31-34-15-21-37(62-2)22-16-34)10-8-9-29-49-41(53)11-6-4-5-7-12-45(57)67-52-42(54)26-27-43(52)55/h13-24,39-40H,4-12,25-32H2,1-3H3,(H,49,53)(H2,50,51,60)/t39-,40?/m0/s1. The molecular weight excluding hydrogens is 873 g/mol. The Labute approximate surface area is 389 Å². The number of nitrogens with zero attached hydrogens (tertiary/aromatic N) is 1. The van der Waals surface area contributed by atoms with Gasteiger partial charge in [-0.2, -0.15) is 0 Å². The zero-order valence-corrected chi connectivity index (χ0v) is 38.2. The Morgan fingerprint density at radius 2 is 0.970 bits per heavy atom. The maximum atomic E-state index is 13.5. The van der Waals surface area contributed by atoms with E-state index >= 15 is 0 Å². The van der Waals surface area contributed by atoms with E-state index in [2.05, 4.69) is 16.0 Å². The summed E-state index contributed by atoms with van der Waals surface area (Å²) in [6.07, 6.45) is 3.26. The summed E-state index contributed by atoms with van der Waals surface area (Å²) in [5, 5.41) is 8.55. The minimum atomic E-state index is -1.31. The van der Waals surface area contributed by atoms with Crippen molar-refractivity contribution in [2.24, 2.45) is 0 Å². The first-order valence-corrected chi connectivity index (χ1v) is 22.1. The van der Waals surface area contributed by atoms with Crippen LogP contribution in [0.1, 0.15) is 100 Å². The topological polar surface area (TPSA) is 240 Å². The Bertz CT molecular complexity index is 2080. The van der Waals surface area contributed by atoms with Crippen molar-refractivity contribution >= 4 is 47.6 Å². The summed E-state index contributed by atoms with van der Waals surface area (Å²) in [6, 6.07) is 17.3. The van der Waals surface area contributed by atoms with Crippen molar-refractivity contribution in [3.8, 4) is 17.2 Å². The average Bonchev–Trinajstić information content (AvgIpc) is 3.66. The minimum Gasteiger partial charge on any atom is -0.497 e. The van der Waals surface area contributed by atoms with Gasteiger partial charge in [-0.25, -0.2) is 19.2 Å². The highest BCUT2D eigenvalue weighted by Gasteiger charge is 2.33. The number of ether oxygens (including phenoxy) is 6. The van der Waals surface area contributed by atoms with E-state index in [4.69, 9.17) is 33.3 Å². The maximum Gasteiger partial charge on any atom is 0.333 e. The number of amides is 5. The second kappa shape index (κ2) is 28.7. The molecule has 0 aliphatic carbocycles. The van der Waals surface area contributed by atoms with Crippen LogP contribution in [0.5, 0.6) is 17.2 Å². The van der Waals surface area contributed by atoms with Crippen molar-refractivity contribution < 1.29 is 71.6 Å². The van der Waals surface area contributed by atoms with Gasteiger partial charge in [0.05, 0.1) is 21.3 Å². The smallest absolute Gasteiger partial charge is 0.333 e. The van der Waals surface area contributed by atoms with Gasteiger partial charge in [0.1, 0.15) is 49.2 Å². The first-order valence-electron chi connectivity index (χ1n) is 22.1. The van der Waals surface area contributed by atoms with E-state index in [-0.39, 0.29) is 70.7 Å². The van der Waals surface area contributed by atoms with E-state index in [0.717, 1.165) is 5.56 Å². The number of hydroxylamine groups is 2. The van der Waals surface area contributed by atoms with E-state index in [1.807, 2.05) is 0 Å². The molecule has 3 N–H and O–H groups in total.